The molecule has 0 bridgehead atoms. The number of phenols is 1. The molecule has 0 saturated heterocycles. The first-order valence-corrected chi connectivity index (χ1v) is 7.13. The third-order valence-electron chi connectivity index (χ3n) is 3.36. The standard InChI is InChI=1S/C16H14ClFN2O/c1-2-8-20-15-12(17)4-3-5-14(15)19-16(20)11-7-6-10(21)9-13(11)18/h3-7,9,21H,2,8H2,1H3. The summed E-state index contributed by atoms with van der Waals surface area (Å²) in [6.45, 7) is 2.73. The average Bonchev–Trinajstić information content (AvgIpc) is 2.79. The van der Waals surface area contributed by atoms with Crippen LogP contribution in [0.2, 0.25) is 5.02 Å². The van der Waals surface area contributed by atoms with E-state index in [-0.39, 0.29) is 5.75 Å². The number of hydrogen-bond donors (Lipinski definition) is 1. The van der Waals surface area contributed by atoms with Gasteiger partial charge < -0.3 is 9.67 Å². The van der Waals surface area contributed by atoms with Gasteiger partial charge in [-0.1, -0.05) is 24.6 Å². The van der Waals surface area contributed by atoms with Crippen LogP contribution in [0.1, 0.15) is 13.3 Å². The number of phenolic OH excluding ortho intramolecular Hbond substituents is 1. The van der Waals surface area contributed by atoms with Crippen molar-refractivity contribution in [2.45, 2.75) is 19.9 Å². The SMILES string of the molecule is CCCn1c(-c2ccc(O)cc2F)nc2cccc(Cl)c21. The molecule has 2 aromatic carbocycles. The number of aryl methyl sites for hydroxylation is 1. The van der Waals surface area contributed by atoms with Crippen molar-refractivity contribution >= 4 is 22.6 Å². The Labute approximate surface area is 126 Å². The summed E-state index contributed by atoms with van der Waals surface area (Å²) in [5, 5.41) is 9.95. The van der Waals surface area contributed by atoms with Crippen molar-refractivity contribution in [3.8, 4) is 17.1 Å². The van der Waals surface area contributed by atoms with Crippen LogP contribution < -0.4 is 0 Å². The first-order valence-electron chi connectivity index (χ1n) is 6.75. The molecule has 1 N–H and O–H groups in total. The number of nitrogens with zero attached hydrogens (tertiary/aromatic N) is 2. The summed E-state index contributed by atoms with van der Waals surface area (Å²) >= 11 is 6.27. The third-order valence-corrected chi connectivity index (χ3v) is 3.66. The smallest absolute Gasteiger partial charge is 0.144 e. The highest BCUT2D eigenvalue weighted by Crippen LogP contribution is 2.32. The Morgan fingerprint density at radius 3 is 2.81 bits per heavy atom. The summed E-state index contributed by atoms with van der Waals surface area (Å²) in [6.07, 6.45) is 0.878. The second-order valence-electron chi connectivity index (χ2n) is 4.86. The minimum absolute atomic E-state index is 0.104. The van der Waals surface area contributed by atoms with Gasteiger partial charge in [0.1, 0.15) is 17.4 Å². The number of hydrogen-bond acceptors (Lipinski definition) is 2. The molecule has 0 unspecified atom stereocenters. The summed E-state index contributed by atoms with van der Waals surface area (Å²) in [5.74, 6) is -0.0799. The molecule has 21 heavy (non-hydrogen) atoms. The lowest BCUT2D eigenvalue weighted by molar-refractivity contribution is 0.469. The zero-order valence-corrected chi connectivity index (χ0v) is 12.2. The predicted molar refractivity (Wildman–Crippen MR) is 82.1 cm³/mol. The van der Waals surface area contributed by atoms with Crippen LogP contribution in [0.5, 0.6) is 5.75 Å². The molecule has 0 spiro atoms. The van der Waals surface area contributed by atoms with Gasteiger partial charge in [0.15, 0.2) is 0 Å². The highest BCUT2D eigenvalue weighted by Gasteiger charge is 2.17. The van der Waals surface area contributed by atoms with Crippen molar-refractivity contribution < 1.29 is 9.50 Å². The third kappa shape index (κ3) is 2.36. The Morgan fingerprint density at radius 1 is 1.29 bits per heavy atom. The molecule has 0 aliphatic rings. The molecule has 0 radical (unpaired) electrons. The number of benzene rings is 2. The molecule has 108 valence electrons. The highest BCUT2D eigenvalue weighted by atomic mass is 35.5. The quantitative estimate of drug-likeness (QED) is 0.767. The number of aromatic hydroxyl groups is 1. The summed E-state index contributed by atoms with van der Waals surface area (Å²) in [5.41, 5.74) is 1.90. The summed E-state index contributed by atoms with van der Waals surface area (Å²) < 4.78 is 16.1. The van der Waals surface area contributed by atoms with Gasteiger partial charge in [-0.15, -0.1) is 0 Å². The maximum Gasteiger partial charge on any atom is 0.144 e. The largest absolute Gasteiger partial charge is 0.508 e. The Kier molecular flexibility index (Phi) is 3.55. The summed E-state index contributed by atoms with van der Waals surface area (Å²) in [6, 6.07) is 9.56. The van der Waals surface area contributed by atoms with E-state index in [1.54, 1.807) is 6.07 Å². The molecule has 0 aliphatic heterocycles. The Hall–Kier alpha value is -2.07. The van der Waals surface area contributed by atoms with E-state index in [0.717, 1.165) is 23.5 Å². The molecule has 0 saturated carbocycles. The number of halogens is 2. The molecule has 3 rings (SSSR count). The fraction of sp³-hybridized carbons (Fsp3) is 0.188. The first kappa shape index (κ1) is 13.9. The van der Waals surface area contributed by atoms with Crippen molar-refractivity contribution in [1.82, 2.24) is 9.55 Å². The molecule has 0 fully saturated rings. The molecule has 3 aromatic rings. The van der Waals surface area contributed by atoms with Gasteiger partial charge in [-0.05, 0) is 30.7 Å². The van der Waals surface area contributed by atoms with E-state index < -0.39 is 5.82 Å². The van der Waals surface area contributed by atoms with Crippen molar-refractivity contribution in [3.63, 3.8) is 0 Å². The summed E-state index contributed by atoms with van der Waals surface area (Å²) in [7, 11) is 0. The Bertz CT molecular complexity index is 813. The lowest BCUT2D eigenvalue weighted by atomic mass is 10.2. The van der Waals surface area contributed by atoms with Crippen LogP contribution in [0.3, 0.4) is 0 Å². The molecule has 1 aromatic heterocycles. The van der Waals surface area contributed by atoms with Gasteiger partial charge in [0.05, 0.1) is 21.6 Å². The van der Waals surface area contributed by atoms with Crippen LogP contribution in [0, 0.1) is 5.82 Å². The normalized spacial score (nSPS) is 11.2. The van der Waals surface area contributed by atoms with Crippen LogP contribution in [0.25, 0.3) is 22.4 Å². The topological polar surface area (TPSA) is 38.0 Å². The zero-order valence-electron chi connectivity index (χ0n) is 11.5. The fourth-order valence-corrected chi connectivity index (χ4v) is 2.75. The van der Waals surface area contributed by atoms with Gasteiger partial charge in [-0.2, -0.15) is 0 Å². The Morgan fingerprint density at radius 2 is 2.10 bits per heavy atom. The molecule has 5 heteroatoms. The average molecular weight is 305 g/mol. The Balaban J connectivity index is 2.31. The van der Waals surface area contributed by atoms with Crippen LogP contribution >= 0.6 is 11.6 Å². The fourth-order valence-electron chi connectivity index (χ4n) is 2.47. The monoisotopic (exact) mass is 304 g/mol. The molecule has 1 heterocycles. The minimum atomic E-state index is -0.501. The van der Waals surface area contributed by atoms with E-state index in [9.17, 15) is 9.50 Å². The second-order valence-corrected chi connectivity index (χ2v) is 5.27. The van der Waals surface area contributed by atoms with Crippen molar-refractivity contribution in [2.75, 3.05) is 0 Å². The van der Waals surface area contributed by atoms with Crippen LogP contribution in [-0.2, 0) is 6.54 Å². The molecule has 0 amide bonds. The van der Waals surface area contributed by atoms with Crippen LogP contribution in [0.4, 0.5) is 4.39 Å². The number of fused-ring (bicyclic) bond motifs is 1. The predicted octanol–water partition coefficient (Wildman–Crippen LogP) is 4.61. The molecule has 3 nitrogen and oxygen atoms in total. The van der Waals surface area contributed by atoms with Gasteiger partial charge >= 0.3 is 0 Å². The van der Waals surface area contributed by atoms with Gasteiger partial charge in [-0.25, -0.2) is 9.37 Å². The van der Waals surface area contributed by atoms with Crippen molar-refractivity contribution in [2.24, 2.45) is 0 Å². The first-order chi connectivity index (χ1) is 10.1. The van der Waals surface area contributed by atoms with Crippen LogP contribution in [-0.4, -0.2) is 14.7 Å². The number of aromatic nitrogens is 2. The maximum absolute atomic E-state index is 14.1. The van der Waals surface area contributed by atoms with Gasteiger partial charge in [0, 0.05) is 12.6 Å². The van der Waals surface area contributed by atoms with E-state index in [4.69, 9.17) is 11.6 Å². The van der Waals surface area contributed by atoms with Crippen LogP contribution in [0.15, 0.2) is 36.4 Å². The number of rotatable bonds is 3. The van der Waals surface area contributed by atoms with E-state index in [1.165, 1.54) is 12.1 Å². The van der Waals surface area contributed by atoms with E-state index in [0.29, 0.717) is 23.0 Å². The van der Waals surface area contributed by atoms with Gasteiger partial charge in [0.25, 0.3) is 0 Å². The molecular formula is C16H14ClFN2O. The molecule has 0 atom stereocenters. The van der Waals surface area contributed by atoms with Gasteiger partial charge in [0.2, 0.25) is 0 Å². The number of imidazole rings is 1. The maximum atomic E-state index is 14.1. The van der Waals surface area contributed by atoms with E-state index in [1.807, 2.05) is 23.6 Å². The minimum Gasteiger partial charge on any atom is -0.508 e. The van der Waals surface area contributed by atoms with Crippen molar-refractivity contribution in [3.05, 3.63) is 47.2 Å². The van der Waals surface area contributed by atoms with E-state index in [2.05, 4.69) is 4.98 Å². The molecule has 0 aliphatic carbocycles. The zero-order chi connectivity index (χ0) is 15.0. The van der Waals surface area contributed by atoms with Crippen molar-refractivity contribution in [1.29, 1.82) is 0 Å². The van der Waals surface area contributed by atoms with E-state index >= 15 is 0 Å². The highest BCUT2D eigenvalue weighted by molar-refractivity contribution is 6.35. The molecular weight excluding hydrogens is 291 g/mol. The van der Waals surface area contributed by atoms with Gasteiger partial charge in [-0.3, -0.25) is 0 Å². The number of para-hydroxylation sites is 1. The summed E-state index contributed by atoms with van der Waals surface area (Å²) in [4.78, 5) is 4.51. The lowest BCUT2D eigenvalue weighted by Gasteiger charge is -2.09. The second kappa shape index (κ2) is 5.37. The lowest BCUT2D eigenvalue weighted by Crippen LogP contribution is -2.01.